The van der Waals surface area contributed by atoms with E-state index in [1.165, 1.54) is 0 Å². The van der Waals surface area contributed by atoms with E-state index in [2.05, 4.69) is 0 Å². The molecule has 0 radical (unpaired) electrons. The number of hydrogen-bond acceptors (Lipinski definition) is 1. The minimum atomic E-state index is -0.794. The Labute approximate surface area is 71.6 Å². The molecule has 0 saturated heterocycles. The minimum Gasteiger partial charge on any atom is -0.480 e. The monoisotopic (exact) mass is 167 g/mol. The molecule has 0 aromatic carbocycles. The molecule has 0 fully saturated rings. The Morgan fingerprint density at radius 1 is 1.42 bits per heavy atom. The maximum atomic E-state index is 10.7. The van der Waals surface area contributed by atoms with E-state index in [4.69, 9.17) is 5.11 Å². The lowest BCUT2D eigenvalue weighted by Gasteiger charge is -2.13. The molecule has 66 valence electrons. The molecule has 3 nitrogen and oxygen atoms in total. The highest BCUT2D eigenvalue weighted by molar-refractivity contribution is 5.71. The van der Waals surface area contributed by atoms with Crippen LogP contribution in [0.3, 0.4) is 0 Å². The van der Waals surface area contributed by atoms with Gasteiger partial charge in [-0.2, -0.15) is 0 Å². The molecule has 1 heterocycles. The highest BCUT2D eigenvalue weighted by Gasteiger charge is 2.15. The standard InChI is InChI=1S/C9H13NO2/c1-6-4-5-7(2)10(6)8(3)9(11)12/h4-5,8H,1-3H3,(H,11,12). The SMILES string of the molecule is Cc1ccc(C)n1C(C)C(=O)O. The number of aromatic nitrogens is 1. The van der Waals surface area contributed by atoms with Gasteiger partial charge in [-0.1, -0.05) is 0 Å². The van der Waals surface area contributed by atoms with Crippen LogP contribution in [0.15, 0.2) is 12.1 Å². The number of rotatable bonds is 2. The first-order valence-corrected chi connectivity index (χ1v) is 3.91. The van der Waals surface area contributed by atoms with Gasteiger partial charge in [0.2, 0.25) is 0 Å². The van der Waals surface area contributed by atoms with Gasteiger partial charge in [0.1, 0.15) is 6.04 Å². The third-order valence-corrected chi connectivity index (χ3v) is 2.07. The van der Waals surface area contributed by atoms with E-state index < -0.39 is 12.0 Å². The molecular weight excluding hydrogens is 154 g/mol. The average molecular weight is 167 g/mol. The summed E-state index contributed by atoms with van der Waals surface area (Å²) in [5, 5.41) is 8.78. The quantitative estimate of drug-likeness (QED) is 0.729. The molecule has 0 aliphatic heterocycles. The lowest BCUT2D eigenvalue weighted by atomic mass is 10.3. The molecule has 1 aromatic rings. The topological polar surface area (TPSA) is 42.2 Å². The first kappa shape index (κ1) is 8.84. The Bertz CT molecular complexity index is 282. The zero-order valence-electron chi connectivity index (χ0n) is 7.53. The van der Waals surface area contributed by atoms with Crippen LogP contribution in [0.2, 0.25) is 0 Å². The lowest BCUT2D eigenvalue weighted by molar-refractivity contribution is -0.140. The van der Waals surface area contributed by atoms with Crippen molar-refractivity contribution in [2.75, 3.05) is 0 Å². The molecule has 12 heavy (non-hydrogen) atoms. The Morgan fingerprint density at radius 2 is 1.83 bits per heavy atom. The van der Waals surface area contributed by atoms with E-state index in [1.807, 2.05) is 30.5 Å². The second-order valence-corrected chi connectivity index (χ2v) is 3.00. The minimum absolute atomic E-state index is 0.472. The van der Waals surface area contributed by atoms with Crippen molar-refractivity contribution >= 4 is 5.97 Å². The summed E-state index contributed by atoms with van der Waals surface area (Å²) >= 11 is 0. The predicted octanol–water partition coefficient (Wildman–Crippen LogP) is 1.75. The van der Waals surface area contributed by atoms with Gasteiger partial charge in [0.15, 0.2) is 0 Å². The van der Waals surface area contributed by atoms with Crippen molar-refractivity contribution in [2.45, 2.75) is 26.8 Å². The molecule has 0 amide bonds. The molecular formula is C9H13NO2. The number of carboxylic acid groups (broad SMARTS) is 1. The van der Waals surface area contributed by atoms with Crippen LogP contribution < -0.4 is 0 Å². The number of hydrogen-bond donors (Lipinski definition) is 1. The fraction of sp³-hybridized carbons (Fsp3) is 0.444. The van der Waals surface area contributed by atoms with E-state index in [-0.39, 0.29) is 0 Å². The van der Waals surface area contributed by atoms with Gasteiger partial charge in [0.25, 0.3) is 0 Å². The molecule has 1 atom stereocenters. The van der Waals surface area contributed by atoms with E-state index in [0.717, 1.165) is 11.4 Å². The molecule has 1 unspecified atom stereocenters. The van der Waals surface area contributed by atoms with Gasteiger partial charge in [-0.05, 0) is 32.9 Å². The Morgan fingerprint density at radius 3 is 2.17 bits per heavy atom. The summed E-state index contributed by atoms with van der Waals surface area (Å²) in [6.07, 6.45) is 0. The smallest absolute Gasteiger partial charge is 0.326 e. The van der Waals surface area contributed by atoms with Gasteiger partial charge in [0.05, 0.1) is 0 Å². The molecule has 0 saturated carbocycles. The average Bonchev–Trinajstić information content (AvgIpc) is 2.30. The summed E-state index contributed by atoms with van der Waals surface area (Å²) in [7, 11) is 0. The third kappa shape index (κ3) is 1.35. The number of aliphatic carboxylic acids is 1. The van der Waals surface area contributed by atoms with Crippen LogP contribution in [-0.4, -0.2) is 15.6 Å². The molecule has 0 bridgehead atoms. The van der Waals surface area contributed by atoms with Crippen LogP contribution in [0.25, 0.3) is 0 Å². The van der Waals surface area contributed by atoms with E-state index in [1.54, 1.807) is 6.92 Å². The lowest BCUT2D eigenvalue weighted by Crippen LogP contribution is -2.17. The van der Waals surface area contributed by atoms with Gasteiger partial charge in [-0.3, -0.25) is 0 Å². The molecule has 3 heteroatoms. The molecule has 1 aromatic heterocycles. The fourth-order valence-electron chi connectivity index (χ4n) is 1.40. The maximum absolute atomic E-state index is 10.7. The molecule has 0 spiro atoms. The fourth-order valence-corrected chi connectivity index (χ4v) is 1.40. The molecule has 0 aliphatic carbocycles. The first-order valence-electron chi connectivity index (χ1n) is 3.91. The van der Waals surface area contributed by atoms with Gasteiger partial charge < -0.3 is 9.67 Å². The van der Waals surface area contributed by atoms with Crippen molar-refractivity contribution < 1.29 is 9.90 Å². The van der Waals surface area contributed by atoms with Crippen LogP contribution in [-0.2, 0) is 4.79 Å². The largest absolute Gasteiger partial charge is 0.480 e. The second kappa shape index (κ2) is 3.01. The summed E-state index contributed by atoms with van der Waals surface area (Å²) in [4.78, 5) is 10.7. The Balaban J connectivity index is 3.08. The van der Waals surface area contributed by atoms with Crippen molar-refractivity contribution in [1.82, 2.24) is 4.57 Å². The summed E-state index contributed by atoms with van der Waals surface area (Å²) in [6, 6.07) is 3.38. The normalized spacial score (nSPS) is 12.9. The second-order valence-electron chi connectivity index (χ2n) is 3.00. The van der Waals surface area contributed by atoms with Crippen LogP contribution in [0.4, 0.5) is 0 Å². The van der Waals surface area contributed by atoms with Crippen molar-refractivity contribution in [1.29, 1.82) is 0 Å². The van der Waals surface area contributed by atoms with Gasteiger partial charge in [0, 0.05) is 11.4 Å². The molecule has 0 aliphatic rings. The van der Waals surface area contributed by atoms with Crippen molar-refractivity contribution in [3.8, 4) is 0 Å². The summed E-state index contributed by atoms with van der Waals surface area (Å²) < 4.78 is 1.81. The first-order chi connectivity index (χ1) is 5.54. The number of carboxylic acids is 1. The Kier molecular flexibility index (Phi) is 2.22. The molecule has 1 rings (SSSR count). The van der Waals surface area contributed by atoms with Gasteiger partial charge in [-0.15, -0.1) is 0 Å². The third-order valence-electron chi connectivity index (χ3n) is 2.07. The predicted molar refractivity (Wildman–Crippen MR) is 46.3 cm³/mol. The Hall–Kier alpha value is -1.25. The van der Waals surface area contributed by atoms with Crippen LogP contribution in [0.1, 0.15) is 24.4 Å². The summed E-state index contributed by atoms with van der Waals surface area (Å²) in [5.41, 5.74) is 1.98. The highest BCUT2D eigenvalue weighted by atomic mass is 16.4. The van der Waals surface area contributed by atoms with Crippen molar-refractivity contribution in [3.63, 3.8) is 0 Å². The summed E-state index contributed by atoms with van der Waals surface area (Å²) in [5.74, 6) is -0.794. The number of nitrogens with zero attached hydrogens (tertiary/aromatic N) is 1. The molecule has 1 N–H and O–H groups in total. The van der Waals surface area contributed by atoms with Crippen LogP contribution in [0.5, 0.6) is 0 Å². The van der Waals surface area contributed by atoms with Crippen molar-refractivity contribution in [3.05, 3.63) is 23.5 Å². The van der Waals surface area contributed by atoms with Crippen LogP contribution >= 0.6 is 0 Å². The highest BCUT2D eigenvalue weighted by Crippen LogP contribution is 2.14. The summed E-state index contributed by atoms with van der Waals surface area (Å²) in [6.45, 7) is 5.50. The zero-order chi connectivity index (χ0) is 9.30. The number of aryl methyl sites for hydroxylation is 2. The van der Waals surface area contributed by atoms with Crippen LogP contribution in [0, 0.1) is 13.8 Å². The maximum Gasteiger partial charge on any atom is 0.326 e. The van der Waals surface area contributed by atoms with Gasteiger partial charge >= 0.3 is 5.97 Å². The van der Waals surface area contributed by atoms with Gasteiger partial charge in [-0.25, -0.2) is 4.79 Å². The van der Waals surface area contributed by atoms with Crippen molar-refractivity contribution in [2.24, 2.45) is 0 Å². The number of carbonyl (C=O) groups is 1. The van der Waals surface area contributed by atoms with E-state index in [9.17, 15) is 4.79 Å². The van der Waals surface area contributed by atoms with E-state index in [0.29, 0.717) is 0 Å². The van der Waals surface area contributed by atoms with E-state index >= 15 is 0 Å². The zero-order valence-corrected chi connectivity index (χ0v) is 7.53.